The molecule has 0 atom stereocenters. The van der Waals surface area contributed by atoms with Crippen LogP contribution in [0, 0.1) is 17.1 Å². The van der Waals surface area contributed by atoms with E-state index in [4.69, 9.17) is 22.2 Å². The van der Waals surface area contributed by atoms with Crippen molar-refractivity contribution in [2.45, 2.75) is 44.5 Å². The fourth-order valence-electron chi connectivity index (χ4n) is 3.67. The highest BCUT2D eigenvalue weighted by Gasteiger charge is 2.51. The summed E-state index contributed by atoms with van der Waals surface area (Å²) in [5.41, 5.74) is -3.50. The number of benzene rings is 2. The number of anilines is 2. The molecule has 0 unspecified atom stereocenters. The van der Waals surface area contributed by atoms with E-state index in [0.29, 0.717) is 6.07 Å². The predicted octanol–water partition coefficient (Wildman–Crippen LogP) is 4.95. The number of esters is 1. The van der Waals surface area contributed by atoms with Crippen LogP contribution in [0.2, 0.25) is 0 Å². The maximum atomic E-state index is 14.8. The van der Waals surface area contributed by atoms with Crippen molar-refractivity contribution in [2.75, 3.05) is 9.80 Å². The van der Waals surface area contributed by atoms with Crippen LogP contribution in [0.3, 0.4) is 0 Å². The number of rotatable bonds is 4. The molecule has 1 saturated carbocycles. The highest BCUT2D eigenvalue weighted by atomic mass is 32.1. The maximum Gasteiger partial charge on any atom is 0.417 e. The average molecular weight is 491 g/mol. The lowest BCUT2D eigenvalue weighted by molar-refractivity contribution is -0.137. The van der Waals surface area contributed by atoms with Crippen LogP contribution in [0.1, 0.15) is 48.2 Å². The molecule has 2 aliphatic rings. The molecule has 1 aliphatic heterocycles. The molecule has 2 fully saturated rings. The zero-order valence-corrected chi connectivity index (χ0v) is 18.8. The smallest absolute Gasteiger partial charge is 0.417 e. The van der Waals surface area contributed by atoms with Crippen LogP contribution in [0.15, 0.2) is 36.4 Å². The van der Waals surface area contributed by atoms with Crippen LogP contribution in [0.5, 0.6) is 0 Å². The van der Waals surface area contributed by atoms with Crippen molar-refractivity contribution in [3.63, 3.8) is 0 Å². The van der Waals surface area contributed by atoms with E-state index in [0.717, 1.165) is 29.9 Å². The summed E-state index contributed by atoms with van der Waals surface area (Å²) < 4.78 is 60.2. The van der Waals surface area contributed by atoms with Crippen LogP contribution in [0.25, 0.3) is 0 Å². The Balaban J connectivity index is 1.71. The normalized spacial score (nSPS) is 17.7. The summed E-state index contributed by atoms with van der Waals surface area (Å²) >= 11 is 5.41. The highest BCUT2D eigenvalue weighted by molar-refractivity contribution is 7.81. The van der Waals surface area contributed by atoms with E-state index in [-0.39, 0.29) is 28.2 Å². The number of halogens is 4. The van der Waals surface area contributed by atoms with E-state index >= 15 is 0 Å². The minimum Gasteiger partial charge on any atom is -0.459 e. The van der Waals surface area contributed by atoms with Crippen molar-refractivity contribution in [1.82, 2.24) is 0 Å². The third-order valence-electron chi connectivity index (χ3n) is 5.58. The Morgan fingerprint density at radius 3 is 2.38 bits per heavy atom. The first kappa shape index (κ1) is 23.6. The molecule has 1 saturated heterocycles. The largest absolute Gasteiger partial charge is 0.459 e. The van der Waals surface area contributed by atoms with Gasteiger partial charge in [-0.1, -0.05) is 0 Å². The third-order valence-corrected chi connectivity index (χ3v) is 5.95. The van der Waals surface area contributed by atoms with Crippen LogP contribution < -0.4 is 9.80 Å². The molecule has 6 nitrogen and oxygen atoms in total. The molecule has 0 aromatic heterocycles. The maximum absolute atomic E-state index is 14.8. The Morgan fingerprint density at radius 2 is 1.82 bits per heavy atom. The topological polar surface area (TPSA) is 73.6 Å². The molecule has 2 aromatic carbocycles. The predicted molar refractivity (Wildman–Crippen MR) is 118 cm³/mol. The average Bonchev–Trinajstić information content (AvgIpc) is 3.54. The summed E-state index contributed by atoms with van der Waals surface area (Å²) in [7, 11) is 0. The third kappa shape index (κ3) is 3.98. The molecule has 176 valence electrons. The summed E-state index contributed by atoms with van der Waals surface area (Å²) in [6, 6.07) is 7.94. The number of alkyl halides is 3. The van der Waals surface area contributed by atoms with Gasteiger partial charge in [-0.3, -0.25) is 9.69 Å². The Morgan fingerprint density at radius 1 is 1.18 bits per heavy atom. The van der Waals surface area contributed by atoms with Gasteiger partial charge >= 0.3 is 12.1 Å². The van der Waals surface area contributed by atoms with Crippen LogP contribution in [-0.2, 0) is 15.7 Å². The SMILES string of the molecule is CC1(C)C(=O)N(c2ccc(C#N)c(C(F)(F)F)c2)C(=S)N1c1ccc(C(=O)OC2CC2)c(F)c1. The Bertz CT molecular complexity index is 1270. The minimum atomic E-state index is -4.82. The van der Waals surface area contributed by atoms with E-state index in [2.05, 4.69) is 0 Å². The summed E-state index contributed by atoms with van der Waals surface area (Å²) in [6.07, 6.45) is -3.58. The molecule has 0 spiro atoms. The number of amides is 1. The fourth-order valence-corrected chi connectivity index (χ4v) is 4.19. The Hall–Kier alpha value is -3.52. The van der Waals surface area contributed by atoms with Gasteiger partial charge in [-0.15, -0.1) is 0 Å². The van der Waals surface area contributed by atoms with Gasteiger partial charge in [-0.25, -0.2) is 9.18 Å². The van der Waals surface area contributed by atoms with Gasteiger partial charge in [-0.2, -0.15) is 18.4 Å². The number of thiocarbonyl (C=S) groups is 1. The van der Waals surface area contributed by atoms with E-state index in [1.54, 1.807) is 0 Å². The quantitative estimate of drug-likeness (QED) is 0.342. The van der Waals surface area contributed by atoms with Gasteiger partial charge in [-0.05, 0) is 75.3 Å². The number of ether oxygens (including phenoxy) is 1. The first-order chi connectivity index (χ1) is 15.9. The molecule has 1 heterocycles. The van der Waals surface area contributed by atoms with Gasteiger partial charge < -0.3 is 9.64 Å². The van der Waals surface area contributed by atoms with Gasteiger partial charge in [0.15, 0.2) is 5.11 Å². The zero-order chi connectivity index (χ0) is 25.0. The van der Waals surface area contributed by atoms with Crippen LogP contribution in [-0.4, -0.2) is 28.6 Å². The summed E-state index contributed by atoms with van der Waals surface area (Å²) in [5.74, 6) is -2.33. The second kappa shape index (κ2) is 8.06. The molecule has 1 amide bonds. The number of carbonyl (C=O) groups is 2. The van der Waals surface area contributed by atoms with Gasteiger partial charge in [0, 0.05) is 5.69 Å². The van der Waals surface area contributed by atoms with Crippen molar-refractivity contribution in [2.24, 2.45) is 0 Å². The first-order valence-electron chi connectivity index (χ1n) is 10.2. The van der Waals surface area contributed by atoms with Crippen molar-refractivity contribution >= 4 is 40.6 Å². The van der Waals surface area contributed by atoms with Gasteiger partial charge in [0.2, 0.25) is 0 Å². The molecule has 1 aliphatic carbocycles. The second-order valence-electron chi connectivity index (χ2n) is 8.43. The standard InChI is InChI=1S/C23H17F4N3O3S/c1-22(2)20(32)29(13-4-3-12(11-28)17(9-13)23(25,26)27)21(34)30(22)14-5-8-16(18(24)10-14)19(31)33-15-6-7-15/h3-5,8-10,15H,6-7H2,1-2H3. The zero-order valence-electron chi connectivity index (χ0n) is 17.9. The van der Waals surface area contributed by atoms with Gasteiger partial charge in [0.25, 0.3) is 5.91 Å². The monoisotopic (exact) mass is 491 g/mol. The molecular formula is C23H17F4N3O3S. The van der Waals surface area contributed by atoms with Crippen molar-refractivity contribution < 1.29 is 31.9 Å². The molecule has 4 rings (SSSR count). The van der Waals surface area contributed by atoms with Gasteiger partial charge in [0.1, 0.15) is 17.5 Å². The Kier molecular flexibility index (Phi) is 5.60. The molecular weight excluding hydrogens is 474 g/mol. The van der Waals surface area contributed by atoms with Crippen LogP contribution in [0.4, 0.5) is 28.9 Å². The van der Waals surface area contributed by atoms with Gasteiger partial charge in [0.05, 0.1) is 28.4 Å². The number of nitrogens with zero attached hydrogens (tertiary/aromatic N) is 3. The van der Waals surface area contributed by atoms with E-state index < -0.39 is 40.5 Å². The second-order valence-corrected chi connectivity index (χ2v) is 8.79. The molecule has 34 heavy (non-hydrogen) atoms. The minimum absolute atomic E-state index is 0.135. The van der Waals surface area contributed by atoms with Crippen molar-refractivity contribution in [3.8, 4) is 6.07 Å². The van der Waals surface area contributed by atoms with E-state index in [1.807, 2.05) is 0 Å². The molecule has 0 radical (unpaired) electrons. The summed E-state index contributed by atoms with van der Waals surface area (Å²) in [5, 5.41) is 8.84. The number of carbonyl (C=O) groups excluding carboxylic acids is 2. The first-order valence-corrected chi connectivity index (χ1v) is 10.6. The molecule has 11 heteroatoms. The van der Waals surface area contributed by atoms with Crippen molar-refractivity contribution in [3.05, 3.63) is 58.9 Å². The lowest BCUT2D eigenvalue weighted by Gasteiger charge is -2.29. The lowest BCUT2D eigenvalue weighted by atomic mass is 10.0. The molecule has 0 bridgehead atoms. The number of hydrogen-bond donors (Lipinski definition) is 0. The van der Waals surface area contributed by atoms with Crippen LogP contribution >= 0.6 is 12.2 Å². The van der Waals surface area contributed by atoms with E-state index in [9.17, 15) is 27.2 Å². The summed E-state index contributed by atoms with van der Waals surface area (Å²) in [6.45, 7) is 2.98. The number of nitriles is 1. The van der Waals surface area contributed by atoms with Crippen molar-refractivity contribution in [1.29, 1.82) is 5.26 Å². The Labute approximate surface area is 197 Å². The molecule has 2 aromatic rings. The summed E-state index contributed by atoms with van der Waals surface area (Å²) in [4.78, 5) is 27.5. The fraction of sp³-hybridized carbons (Fsp3) is 0.304. The highest BCUT2D eigenvalue weighted by Crippen LogP contribution is 2.40. The van der Waals surface area contributed by atoms with E-state index in [1.165, 1.54) is 43.0 Å². The molecule has 0 N–H and O–H groups in total. The lowest BCUT2D eigenvalue weighted by Crippen LogP contribution is -2.44. The number of hydrogen-bond acceptors (Lipinski definition) is 5.